The topological polar surface area (TPSA) is 73.2 Å². The van der Waals surface area contributed by atoms with Crippen molar-refractivity contribution in [2.75, 3.05) is 5.75 Å². The van der Waals surface area contributed by atoms with Gasteiger partial charge in [0.2, 0.25) is 10.0 Å². The second-order valence-electron chi connectivity index (χ2n) is 7.93. The summed E-state index contributed by atoms with van der Waals surface area (Å²) in [7, 11) is -3.41. The van der Waals surface area contributed by atoms with Crippen LogP contribution < -0.4 is 9.46 Å². The van der Waals surface area contributed by atoms with E-state index < -0.39 is 22.2 Å². The molecule has 0 bridgehead atoms. The number of rotatable bonds is 9. The highest BCUT2D eigenvalue weighted by atomic mass is 32.2. The van der Waals surface area contributed by atoms with Gasteiger partial charge in [-0.25, -0.2) is 22.2 Å². The van der Waals surface area contributed by atoms with E-state index in [-0.39, 0.29) is 11.6 Å². The predicted octanol–water partition coefficient (Wildman–Crippen LogP) is 5.00. The summed E-state index contributed by atoms with van der Waals surface area (Å²) in [4.78, 5) is 0. The van der Waals surface area contributed by atoms with Crippen LogP contribution in [0, 0.1) is 5.82 Å². The smallest absolute Gasteiger partial charge is 0.211 e. The van der Waals surface area contributed by atoms with Crippen LogP contribution in [0.1, 0.15) is 31.9 Å². The zero-order chi connectivity index (χ0) is 23.4. The van der Waals surface area contributed by atoms with E-state index in [0.29, 0.717) is 12.2 Å². The lowest BCUT2D eigenvalue weighted by Crippen LogP contribution is -2.40. The molecule has 0 aliphatic carbocycles. The van der Waals surface area contributed by atoms with Gasteiger partial charge in [-0.2, -0.15) is 5.10 Å². The van der Waals surface area contributed by atoms with E-state index in [9.17, 15) is 12.8 Å². The highest BCUT2D eigenvalue weighted by Gasteiger charge is 2.25. The van der Waals surface area contributed by atoms with Crippen LogP contribution in [0.2, 0.25) is 0 Å². The Kier molecular flexibility index (Phi) is 6.76. The first-order chi connectivity index (χ1) is 15.9. The quantitative estimate of drug-likeness (QED) is 0.376. The Morgan fingerprint density at radius 2 is 1.79 bits per heavy atom. The minimum Gasteiger partial charge on any atom is -0.484 e. The molecule has 1 aromatic heterocycles. The molecule has 0 saturated carbocycles. The number of halogens is 1. The Balaban J connectivity index is 1.63. The number of hydrogen-bond acceptors (Lipinski definition) is 4. The Labute approximate surface area is 193 Å². The number of nitrogens with one attached hydrogen (secondary N) is 1. The number of ether oxygens (including phenoxy) is 1. The molecule has 1 heterocycles. The van der Waals surface area contributed by atoms with Crippen LogP contribution in [0.5, 0.6) is 5.75 Å². The maximum Gasteiger partial charge on any atom is 0.211 e. The van der Waals surface area contributed by atoms with Crippen molar-refractivity contribution in [3.8, 4) is 11.4 Å². The molecule has 4 aromatic rings. The van der Waals surface area contributed by atoms with E-state index >= 15 is 0 Å². The molecule has 172 valence electrons. The molecule has 0 aliphatic heterocycles. The summed E-state index contributed by atoms with van der Waals surface area (Å²) < 4.78 is 48.8. The molecular weight excluding hydrogens is 441 g/mol. The average molecular weight is 468 g/mol. The number of nitrogens with zero attached hydrogens (tertiary/aromatic N) is 2. The molecule has 0 saturated heterocycles. The molecule has 6 nitrogen and oxygen atoms in total. The third-order valence-corrected chi connectivity index (χ3v) is 6.97. The maximum absolute atomic E-state index is 13.3. The van der Waals surface area contributed by atoms with Crippen LogP contribution in [-0.4, -0.2) is 30.0 Å². The van der Waals surface area contributed by atoms with E-state index in [1.165, 1.54) is 12.1 Å². The van der Waals surface area contributed by atoms with Crippen LogP contribution in [0.25, 0.3) is 16.6 Å². The van der Waals surface area contributed by atoms with Gasteiger partial charge in [0.15, 0.2) is 0 Å². The fourth-order valence-electron chi connectivity index (χ4n) is 3.79. The van der Waals surface area contributed by atoms with Crippen molar-refractivity contribution >= 4 is 20.9 Å². The van der Waals surface area contributed by atoms with E-state index in [1.54, 1.807) is 29.9 Å². The SMILES string of the molecule is CCCS(=O)(=O)N[C@@H](C)[C@H](Oc1ccc2c(cnn2-c2ccc(F)cc2)c1)c1ccccc1. The van der Waals surface area contributed by atoms with Crippen LogP contribution in [-0.2, 0) is 10.0 Å². The number of hydrogen-bond donors (Lipinski definition) is 1. The zero-order valence-electron chi connectivity index (χ0n) is 18.5. The van der Waals surface area contributed by atoms with Gasteiger partial charge < -0.3 is 4.74 Å². The van der Waals surface area contributed by atoms with Crippen molar-refractivity contribution in [1.29, 1.82) is 0 Å². The lowest BCUT2D eigenvalue weighted by Gasteiger charge is -2.26. The molecular formula is C25H26FN3O3S. The Morgan fingerprint density at radius 1 is 1.06 bits per heavy atom. The summed E-state index contributed by atoms with van der Waals surface area (Å²) in [6, 6.07) is 20.8. The molecule has 2 atom stereocenters. The molecule has 0 amide bonds. The van der Waals surface area contributed by atoms with Gasteiger partial charge in [-0.05, 0) is 61.4 Å². The molecule has 0 fully saturated rings. The van der Waals surface area contributed by atoms with Crippen LogP contribution in [0.15, 0.2) is 79.0 Å². The summed E-state index contributed by atoms with van der Waals surface area (Å²) >= 11 is 0. The third kappa shape index (κ3) is 5.40. The highest BCUT2D eigenvalue weighted by Crippen LogP contribution is 2.29. The summed E-state index contributed by atoms with van der Waals surface area (Å²) in [5.41, 5.74) is 2.47. The lowest BCUT2D eigenvalue weighted by molar-refractivity contribution is 0.173. The van der Waals surface area contributed by atoms with Crippen molar-refractivity contribution in [3.63, 3.8) is 0 Å². The van der Waals surface area contributed by atoms with Gasteiger partial charge in [-0.1, -0.05) is 37.3 Å². The summed E-state index contributed by atoms with van der Waals surface area (Å²) in [5, 5.41) is 5.27. The highest BCUT2D eigenvalue weighted by molar-refractivity contribution is 7.89. The zero-order valence-corrected chi connectivity index (χ0v) is 19.3. The van der Waals surface area contributed by atoms with E-state index in [0.717, 1.165) is 22.2 Å². The van der Waals surface area contributed by atoms with E-state index in [2.05, 4.69) is 9.82 Å². The summed E-state index contributed by atoms with van der Waals surface area (Å²) in [6.07, 6.45) is 1.73. The summed E-state index contributed by atoms with van der Waals surface area (Å²) in [6.45, 7) is 3.63. The molecule has 0 spiro atoms. The minimum atomic E-state index is -3.41. The van der Waals surface area contributed by atoms with E-state index in [4.69, 9.17) is 4.74 Å². The van der Waals surface area contributed by atoms with Crippen molar-refractivity contribution in [3.05, 3.63) is 90.4 Å². The Hall–Kier alpha value is -3.23. The third-order valence-electron chi connectivity index (χ3n) is 5.29. The molecule has 0 unspecified atom stereocenters. The first-order valence-electron chi connectivity index (χ1n) is 10.8. The van der Waals surface area contributed by atoms with Crippen LogP contribution in [0.4, 0.5) is 4.39 Å². The van der Waals surface area contributed by atoms with Crippen molar-refractivity contribution in [1.82, 2.24) is 14.5 Å². The number of sulfonamides is 1. The molecule has 0 aliphatic rings. The fourth-order valence-corrected chi connectivity index (χ4v) is 5.14. The molecule has 33 heavy (non-hydrogen) atoms. The molecule has 4 rings (SSSR count). The number of fused-ring (bicyclic) bond motifs is 1. The van der Waals surface area contributed by atoms with Gasteiger partial charge in [0.1, 0.15) is 17.7 Å². The number of aromatic nitrogens is 2. The largest absolute Gasteiger partial charge is 0.484 e. The average Bonchev–Trinajstić information content (AvgIpc) is 3.21. The van der Waals surface area contributed by atoms with Crippen LogP contribution in [0.3, 0.4) is 0 Å². The molecule has 0 radical (unpaired) electrons. The van der Waals surface area contributed by atoms with Gasteiger partial charge in [0.25, 0.3) is 0 Å². The van der Waals surface area contributed by atoms with Crippen molar-refractivity contribution < 1.29 is 17.5 Å². The standard InChI is InChI=1S/C25H26FN3O3S/c1-3-15-33(30,31)28-18(2)25(19-7-5-4-6-8-19)32-23-13-14-24-20(16-23)17-27-29(24)22-11-9-21(26)10-12-22/h4-14,16-18,25,28H,3,15H2,1-2H3/t18-,25-/m0/s1. The second-order valence-corrected chi connectivity index (χ2v) is 9.80. The van der Waals surface area contributed by atoms with Gasteiger partial charge in [-0.15, -0.1) is 0 Å². The lowest BCUT2D eigenvalue weighted by atomic mass is 10.0. The van der Waals surface area contributed by atoms with E-state index in [1.807, 2.05) is 55.5 Å². The minimum absolute atomic E-state index is 0.0629. The van der Waals surface area contributed by atoms with Gasteiger partial charge in [-0.3, -0.25) is 0 Å². The van der Waals surface area contributed by atoms with Crippen molar-refractivity contribution in [2.45, 2.75) is 32.4 Å². The van der Waals surface area contributed by atoms with Gasteiger partial charge in [0.05, 0.1) is 29.2 Å². The van der Waals surface area contributed by atoms with Gasteiger partial charge >= 0.3 is 0 Å². The first-order valence-corrected chi connectivity index (χ1v) is 12.5. The number of benzene rings is 3. The monoisotopic (exact) mass is 467 g/mol. The second kappa shape index (κ2) is 9.72. The normalized spacial score (nSPS) is 13.7. The Bertz CT molecular complexity index is 1320. The fraction of sp³-hybridized carbons (Fsp3) is 0.240. The first kappa shape index (κ1) is 22.9. The molecule has 8 heteroatoms. The van der Waals surface area contributed by atoms with Crippen molar-refractivity contribution in [2.24, 2.45) is 0 Å². The maximum atomic E-state index is 13.3. The Morgan fingerprint density at radius 3 is 2.48 bits per heavy atom. The molecule has 3 aromatic carbocycles. The van der Waals surface area contributed by atoms with Gasteiger partial charge in [0, 0.05) is 5.39 Å². The molecule has 1 N–H and O–H groups in total. The predicted molar refractivity (Wildman–Crippen MR) is 128 cm³/mol. The van der Waals surface area contributed by atoms with Crippen LogP contribution >= 0.6 is 0 Å². The summed E-state index contributed by atoms with van der Waals surface area (Å²) in [5.74, 6) is 0.353.